The molecule has 2 aromatic carbocycles. The topological polar surface area (TPSA) is 126 Å². The Kier molecular flexibility index (Phi) is 7.61. The maximum Gasteiger partial charge on any atom is 0.267 e. The number of alkyl halides is 1. The number of hydrogen-bond donors (Lipinski definition) is 1. The van der Waals surface area contributed by atoms with Crippen molar-refractivity contribution in [1.82, 2.24) is 14.6 Å². The zero-order chi connectivity index (χ0) is 23.3. The summed E-state index contributed by atoms with van der Waals surface area (Å²) < 4.78 is 33.8. The van der Waals surface area contributed by atoms with Crippen LogP contribution in [0, 0.1) is 0 Å². The summed E-state index contributed by atoms with van der Waals surface area (Å²) >= 11 is 4.03. The summed E-state index contributed by atoms with van der Waals surface area (Å²) in [5.41, 5.74) is 2.22. The number of imidazole rings is 1. The van der Waals surface area contributed by atoms with Gasteiger partial charge in [-0.1, -0.05) is 51.5 Å². The number of methoxy groups -OCH3 is 2. The summed E-state index contributed by atoms with van der Waals surface area (Å²) in [6, 6.07) is 14.5. The second-order valence-corrected chi connectivity index (χ2v) is 9.54. The van der Waals surface area contributed by atoms with Crippen LogP contribution in [0.15, 0.2) is 59.1 Å². The molecule has 32 heavy (non-hydrogen) atoms. The molecule has 12 heteroatoms. The number of primary sulfonamides is 1. The van der Waals surface area contributed by atoms with Gasteiger partial charge in [0.25, 0.3) is 10.0 Å². The quantitative estimate of drug-likeness (QED) is 0.294. The molecule has 9 nitrogen and oxygen atoms in total. The molecule has 0 saturated heterocycles. The van der Waals surface area contributed by atoms with Crippen LogP contribution < -0.4 is 14.6 Å². The molecule has 2 N–H and O–H groups in total. The Morgan fingerprint density at radius 1 is 1.12 bits per heavy atom. The van der Waals surface area contributed by atoms with Crippen molar-refractivity contribution in [2.45, 2.75) is 4.34 Å². The van der Waals surface area contributed by atoms with Crippen molar-refractivity contribution < 1.29 is 22.7 Å². The van der Waals surface area contributed by atoms with Gasteiger partial charge >= 0.3 is 0 Å². The number of hydrogen-bond acceptors (Lipinski definition) is 8. The lowest BCUT2D eigenvalue weighted by molar-refractivity contribution is 0.102. The number of carbonyl (C=O) groups is 1. The van der Waals surface area contributed by atoms with Crippen LogP contribution in [-0.2, 0) is 10.0 Å². The maximum atomic E-state index is 11.2. The first-order valence-electron chi connectivity index (χ1n) is 9.02. The molecular formula is C20H19BrN4O5S2. The van der Waals surface area contributed by atoms with E-state index in [4.69, 9.17) is 14.6 Å². The van der Waals surface area contributed by atoms with E-state index in [2.05, 4.69) is 26.0 Å². The van der Waals surface area contributed by atoms with Crippen LogP contribution in [0.1, 0.15) is 10.4 Å². The van der Waals surface area contributed by atoms with Crippen LogP contribution in [0.2, 0.25) is 0 Å². The van der Waals surface area contributed by atoms with Gasteiger partial charge in [-0.3, -0.25) is 4.79 Å². The Hall–Kier alpha value is -2.80. The Morgan fingerprint density at radius 2 is 1.78 bits per heavy atom. The summed E-state index contributed by atoms with van der Waals surface area (Å²) in [5.74, 6) is 1.49. The van der Waals surface area contributed by atoms with E-state index in [1.54, 1.807) is 38.6 Å². The van der Waals surface area contributed by atoms with E-state index >= 15 is 0 Å². The first kappa shape index (κ1) is 23.9. The highest BCUT2D eigenvalue weighted by Crippen LogP contribution is 2.26. The van der Waals surface area contributed by atoms with Crippen molar-refractivity contribution in [2.24, 2.45) is 5.14 Å². The van der Waals surface area contributed by atoms with Crippen molar-refractivity contribution in [3.05, 3.63) is 60.3 Å². The van der Waals surface area contributed by atoms with E-state index in [9.17, 15) is 13.2 Å². The number of benzene rings is 2. The third-order valence-corrected chi connectivity index (χ3v) is 6.89. The molecule has 0 radical (unpaired) electrons. The summed E-state index contributed by atoms with van der Waals surface area (Å²) in [6.07, 6.45) is 1.65. The van der Waals surface area contributed by atoms with Crippen LogP contribution >= 0.6 is 27.3 Å². The maximum absolute atomic E-state index is 11.2. The van der Waals surface area contributed by atoms with Gasteiger partial charge in [0.2, 0.25) is 9.30 Å². The normalized spacial score (nSPS) is 11.0. The Bertz CT molecular complexity index is 1320. The van der Waals surface area contributed by atoms with Crippen molar-refractivity contribution in [3.8, 4) is 22.8 Å². The molecular weight excluding hydrogens is 520 g/mol. The Morgan fingerprint density at radius 3 is 2.38 bits per heavy atom. The van der Waals surface area contributed by atoms with Crippen LogP contribution in [0.4, 0.5) is 0 Å². The summed E-state index contributed by atoms with van der Waals surface area (Å²) in [6.45, 7) is 0. The second-order valence-electron chi connectivity index (χ2n) is 6.29. The van der Waals surface area contributed by atoms with E-state index in [1.807, 2.05) is 30.3 Å². The molecule has 0 saturated carbocycles. The minimum absolute atomic E-state index is 0.0638. The third kappa shape index (κ3) is 5.71. The highest BCUT2D eigenvalue weighted by Gasteiger charge is 2.17. The second kappa shape index (κ2) is 10.2. The van der Waals surface area contributed by atoms with Gasteiger partial charge in [-0.15, -0.1) is 5.10 Å². The van der Waals surface area contributed by atoms with Crippen LogP contribution in [0.3, 0.4) is 0 Å². The zero-order valence-electron chi connectivity index (χ0n) is 17.1. The van der Waals surface area contributed by atoms with E-state index in [1.165, 1.54) is 4.52 Å². The molecule has 0 bridgehead atoms. The number of carbonyl (C=O) groups excluding carboxylic acids is 1. The van der Waals surface area contributed by atoms with Crippen molar-refractivity contribution >= 4 is 48.0 Å². The number of ketones is 1. The molecule has 0 atom stereocenters. The highest BCUT2D eigenvalue weighted by atomic mass is 79.9. The van der Waals surface area contributed by atoms with Crippen LogP contribution in [-0.4, -0.2) is 48.3 Å². The number of nitrogens with two attached hydrogens (primary N) is 1. The first-order valence-corrected chi connectivity index (χ1v) is 12.5. The number of Topliss-reactive ketones (excluding diaryl/α,β-unsaturated/α-hetero) is 1. The fraction of sp³-hybridized carbons (Fsp3) is 0.150. The molecule has 0 aliphatic heterocycles. The van der Waals surface area contributed by atoms with Gasteiger partial charge < -0.3 is 9.47 Å². The lowest BCUT2D eigenvalue weighted by atomic mass is 10.1. The van der Waals surface area contributed by atoms with E-state index in [-0.39, 0.29) is 10.1 Å². The largest absolute Gasteiger partial charge is 0.497 e. The summed E-state index contributed by atoms with van der Waals surface area (Å²) in [4.78, 5) is 16.0. The summed E-state index contributed by atoms with van der Waals surface area (Å²) in [7, 11) is -0.627. The average Bonchev–Trinajstić information content (AvgIpc) is 3.39. The van der Waals surface area contributed by atoms with Crippen LogP contribution in [0.25, 0.3) is 16.2 Å². The van der Waals surface area contributed by atoms with Gasteiger partial charge in [-0.2, -0.15) is 0 Å². The molecule has 4 aromatic rings. The number of halogens is 1. The van der Waals surface area contributed by atoms with Crippen molar-refractivity contribution in [1.29, 1.82) is 0 Å². The molecule has 0 fully saturated rings. The van der Waals surface area contributed by atoms with E-state index in [0.29, 0.717) is 27.3 Å². The smallest absolute Gasteiger partial charge is 0.267 e. The average molecular weight is 539 g/mol. The minimum Gasteiger partial charge on any atom is -0.497 e. The van der Waals surface area contributed by atoms with E-state index < -0.39 is 10.0 Å². The monoisotopic (exact) mass is 538 g/mol. The number of sulfonamides is 1. The zero-order valence-corrected chi connectivity index (χ0v) is 20.3. The SMILES string of the molecule is COc1cccc(-c2cn3nc(S(N)(=O)=O)sc3n2)c1.COc1cccc(C(=O)CBr)c1. The Balaban J connectivity index is 0.000000207. The molecule has 0 aliphatic carbocycles. The van der Waals surface area contributed by atoms with Crippen molar-refractivity contribution in [2.75, 3.05) is 19.5 Å². The van der Waals surface area contributed by atoms with E-state index in [0.717, 1.165) is 22.6 Å². The van der Waals surface area contributed by atoms with Gasteiger partial charge in [0.05, 0.1) is 31.4 Å². The van der Waals surface area contributed by atoms with Gasteiger partial charge in [-0.05, 0) is 24.3 Å². The van der Waals surface area contributed by atoms with Crippen LogP contribution in [0.5, 0.6) is 11.5 Å². The number of nitrogens with zero attached hydrogens (tertiary/aromatic N) is 3. The minimum atomic E-state index is -3.80. The number of ether oxygens (including phenoxy) is 2. The van der Waals surface area contributed by atoms with Gasteiger partial charge in [-0.25, -0.2) is 23.1 Å². The fourth-order valence-corrected chi connectivity index (χ4v) is 4.42. The molecule has 2 heterocycles. The molecule has 0 aliphatic rings. The lowest BCUT2D eigenvalue weighted by Gasteiger charge is -2.01. The van der Waals surface area contributed by atoms with Gasteiger partial charge in [0, 0.05) is 11.1 Å². The first-order chi connectivity index (χ1) is 15.2. The third-order valence-electron chi connectivity index (χ3n) is 4.15. The summed E-state index contributed by atoms with van der Waals surface area (Å²) in [5, 5.41) is 9.28. The standard InChI is InChI=1S/C11H10N4O3S2.C9H9BrO2/c1-18-8-4-2-3-7(5-8)9-6-15-10(13-9)19-11(14-15)20(12,16)17;1-12-8-4-2-3-7(5-8)9(11)6-10/h2-6H,1H3,(H2,12,16,17);2-5H,6H2,1H3. The van der Waals surface area contributed by atoms with Gasteiger partial charge in [0.1, 0.15) is 11.5 Å². The highest BCUT2D eigenvalue weighted by molar-refractivity contribution is 9.09. The molecule has 4 rings (SSSR count). The predicted molar refractivity (Wildman–Crippen MR) is 125 cm³/mol. The molecule has 0 amide bonds. The molecule has 2 aromatic heterocycles. The fourth-order valence-electron chi connectivity index (χ4n) is 2.59. The Labute approximate surface area is 197 Å². The molecule has 168 valence electrons. The van der Waals surface area contributed by atoms with Gasteiger partial charge in [0.15, 0.2) is 5.78 Å². The number of aromatic nitrogens is 3. The molecule has 0 unspecified atom stereocenters. The van der Waals surface area contributed by atoms with Crippen molar-refractivity contribution in [3.63, 3.8) is 0 Å². The predicted octanol–water partition coefficient (Wildman–Crippen LogP) is 3.39. The molecule has 0 spiro atoms. The number of rotatable bonds is 6. The lowest BCUT2D eigenvalue weighted by Crippen LogP contribution is -2.12. The number of fused-ring (bicyclic) bond motifs is 1.